The van der Waals surface area contributed by atoms with E-state index in [2.05, 4.69) is 10.3 Å². The average Bonchev–Trinajstić information content (AvgIpc) is 2.97. The van der Waals surface area contributed by atoms with Crippen LogP contribution < -0.4 is 5.32 Å². The second-order valence-corrected chi connectivity index (χ2v) is 8.93. The molecule has 10 heteroatoms. The van der Waals surface area contributed by atoms with E-state index in [4.69, 9.17) is 11.6 Å². The number of carbonyl (C=O) groups excluding carboxylic acids is 2. The van der Waals surface area contributed by atoms with E-state index in [9.17, 15) is 22.8 Å². The Morgan fingerprint density at radius 1 is 1.30 bits per heavy atom. The topological polar surface area (TPSA) is 61.8 Å². The molecule has 1 saturated heterocycles. The lowest BCUT2D eigenvalue weighted by Gasteiger charge is -2.23. The lowest BCUT2D eigenvalue weighted by molar-refractivity contribution is -0.137. The van der Waals surface area contributed by atoms with Gasteiger partial charge < -0.3 is 5.32 Å². The number of hydrogen-bond donors (Lipinski definition) is 1. The molecule has 1 heterocycles. The number of hydrogen-bond acceptors (Lipinski definition) is 4. The zero-order chi connectivity index (χ0) is 21.9. The second-order valence-electron chi connectivity index (χ2n) is 7.35. The summed E-state index contributed by atoms with van der Waals surface area (Å²) in [4.78, 5) is 30.7. The van der Waals surface area contributed by atoms with E-state index in [1.54, 1.807) is 6.92 Å². The van der Waals surface area contributed by atoms with Crippen molar-refractivity contribution in [3.63, 3.8) is 0 Å². The summed E-state index contributed by atoms with van der Waals surface area (Å²) in [5.74, 6) is -0.444. The van der Waals surface area contributed by atoms with Gasteiger partial charge in [0.25, 0.3) is 0 Å². The fourth-order valence-corrected chi connectivity index (χ4v) is 5.07. The van der Waals surface area contributed by atoms with Crippen LogP contribution in [0.1, 0.15) is 51.0 Å². The molecule has 1 aliphatic carbocycles. The summed E-state index contributed by atoms with van der Waals surface area (Å²) >= 11 is 6.76. The van der Waals surface area contributed by atoms with E-state index < -0.39 is 22.0 Å². The van der Waals surface area contributed by atoms with Crippen molar-refractivity contribution >= 4 is 46.0 Å². The number of carbonyl (C=O) groups is 2. The minimum Gasteiger partial charge on any atom is -0.353 e. The number of aliphatic imine (C=N–C) groups is 1. The van der Waals surface area contributed by atoms with Gasteiger partial charge in [0.2, 0.25) is 11.8 Å². The molecule has 1 saturated carbocycles. The van der Waals surface area contributed by atoms with Gasteiger partial charge in [0.05, 0.1) is 16.3 Å². The first kappa shape index (κ1) is 22.9. The van der Waals surface area contributed by atoms with Crippen molar-refractivity contribution in [2.24, 2.45) is 4.99 Å². The number of thioether (sulfide) groups is 1. The Morgan fingerprint density at radius 3 is 2.63 bits per heavy atom. The van der Waals surface area contributed by atoms with Crippen LogP contribution in [-0.2, 0) is 15.8 Å². The molecule has 0 aromatic heterocycles. The number of amidine groups is 1. The molecule has 2 amide bonds. The summed E-state index contributed by atoms with van der Waals surface area (Å²) in [6.07, 6.45) is 0.662. The van der Waals surface area contributed by atoms with Gasteiger partial charge in [-0.05, 0) is 38.0 Å². The molecule has 0 radical (unpaired) electrons. The Hall–Kier alpha value is -1.74. The molecule has 1 unspecified atom stereocenters. The molecule has 1 aromatic carbocycles. The molecule has 164 valence electrons. The van der Waals surface area contributed by atoms with Gasteiger partial charge in [-0.3, -0.25) is 14.5 Å². The summed E-state index contributed by atoms with van der Waals surface area (Å²) in [5.41, 5.74) is -0.931. The normalized spacial score (nSPS) is 22.0. The number of rotatable bonds is 5. The molecule has 1 atom stereocenters. The van der Waals surface area contributed by atoms with Crippen LogP contribution in [-0.4, -0.2) is 39.7 Å². The van der Waals surface area contributed by atoms with Gasteiger partial charge in [-0.15, -0.1) is 0 Å². The molecular formula is C20H23ClF3N3O2S. The van der Waals surface area contributed by atoms with Crippen LogP contribution in [0, 0.1) is 0 Å². The number of alkyl halides is 3. The lowest BCUT2D eigenvalue weighted by atomic mass is 9.95. The Morgan fingerprint density at radius 2 is 2.00 bits per heavy atom. The minimum absolute atomic E-state index is 0.0178. The van der Waals surface area contributed by atoms with Gasteiger partial charge in [-0.1, -0.05) is 42.6 Å². The fourth-order valence-electron chi connectivity index (χ4n) is 3.63. The van der Waals surface area contributed by atoms with Gasteiger partial charge in [-0.25, -0.2) is 4.99 Å². The number of amides is 2. The highest BCUT2D eigenvalue weighted by atomic mass is 35.5. The quantitative estimate of drug-likeness (QED) is 0.659. The maximum atomic E-state index is 13.1. The maximum Gasteiger partial charge on any atom is 0.417 e. The third-order valence-corrected chi connectivity index (χ3v) is 6.66. The zero-order valence-corrected chi connectivity index (χ0v) is 18.0. The van der Waals surface area contributed by atoms with Gasteiger partial charge in [0.1, 0.15) is 5.25 Å². The second kappa shape index (κ2) is 9.60. The number of nitrogens with zero attached hydrogens (tertiary/aromatic N) is 2. The highest BCUT2D eigenvalue weighted by molar-refractivity contribution is 8.15. The molecule has 0 spiro atoms. The van der Waals surface area contributed by atoms with Crippen LogP contribution in [0.4, 0.5) is 18.9 Å². The van der Waals surface area contributed by atoms with Crippen molar-refractivity contribution in [1.29, 1.82) is 0 Å². The third kappa shape index (κ3) is 5.49. The van der Waals surface area contributed by atoms with Gasteiger partial charge >= 0.3 is 6.18 Å². The summed E-state index contributed by atoms with van der Waals surface area (Å²) in [7, 11) is 0. The summed E-state index contributed by atoms with van der Waals surface area (Å²) in [5, 5.41) is 2.23. The molecular weight excluding hydrogens is 439 g/mol. The Balaban J connectivity index is 1.73. The van der Waals surface area contributed by atoms with Crippen LogP contribution in [0.2, 0.25) is 5.02 Å². The van der Waals surface area contributed by atoms with Gasteiger partial charge in [0, 0.05) is 19.0 Å². The van der Waals surface area contributed by atoms with E-state index in [-0.39, 0.29) is 35.1 Å². The molecule has 0 bridgehead atoms. The summed E-state index contributed by atoms with van der Waals surface area (Å²) < 4.78 is 39.3. The molecule has 2 aliphatic rings. The smallest absolute Gasteiger partial charge is 0.353 e. The third-order valence-electron chi connectivity index (χ3n) is 5.16. The summed E-state index contributed by atoms with van der Waals surface area (Å²) in [6, 6.07) is 3.51. The van der Waals surface area contributed by atoms with Crippen LogP contribution in [0.15, 0.2) is 23.2 Å². The van der Waals surface area contributed by atoms with Gasteiger partial charge in [-0.2, -0.15) is 13.2 Å². The van der Waals surface area contributed by atoms with E-state index in [0.29, 0.717) is 6.54 Å². The van der Waals surface area contributed by atoms with Crippen molar-refractivity contribution in [2.75, 3.05) is 6.54 Å². The zero-order valence-electron chi connectivity index (χ0n) is 16.5. The van der Waals surface area contributed by atoms with E-state index in [0.717, 1.165) is 49.6 Å². The molecule has 30 heavy (non-hydrogen) atoms. The first-order chi connectivity index (χ1) is 14.2. The first-order valence-electron chi connectivity index (χ1n) is 9.92. The lowest BCUT2D eigenvalue weighted by Crippen LogP contribution is -2.39. The van der Waals surface area contributed by atoms with Crippen LogP contribution in [0.25, 0.3) is 0 Å². The first-order valence-corrected chi connectivity index (χ1v) is 11.2. The van der Waals surface area contributed by atoms with Crippen LogP contribution in [0.3, 0.4) is 0 Å². The number of benzene rings is 1. The molecule has 1 aliphatic heterocycles. The molecule has 3 rings (SSSR count). The highest BCUT2D eigenvalue weighted by Gasteiger charge is 2.39. The van der Waals surface area contributed by atoms with Crippen molar-refractivity contribution in [3.05, 3.63) is 28.8 Å². The van der Waals surface area contributed by atoms with Crippen molar-refractivity contribution in [2.45, 2.75) is 62.9 Å². The highest BCUT2D eigenvalue weighted by Crippen LogP contribution is 2.38. The average molecular weight is 462 g/mol. The van der Waals surface area contributed by atoms with E-state index in [1.807, 2.05) is 0 Å². The van der Waals surface area contributed by atoms with Crippen LogP contribution >= 0.6 is 23.4 Å². The number of halogens is 4. The predicted molar refractivity (Wildman–Crippen MR) is 112 cm³/mol. The number of nitrogens with one attached hydrogen (secondary N) is 1. The Bertz CT molecular complexity index is 841. The van der Waals surface area contributed by atoms with Crippen molar-refractivity contribution in [1.82, 2.24) is 10.2 Å². The standard InChI is InChI=1S/C20H23ClF3N3O2S/c1-2-27-18(29)16(11-17(28)25-12-6-4-3-5-7-12)30-19(27)26-13-8-9-15(21)14(10-13)20(22,23)24/h8-10,12,16H,2-7,11H2,1H3,(H,25,28). The van der Waals surface area contributed by atoms with E-state index in [1.165, 1.54) is 17.4 Å². The largest absolute Gasteiger partial charge is 0.417 e. The molecule has 2 fully saturated rings. The fraction of sp³-hybridized carbons (Fsp3) is 0.550. The van der Waals surface area contributed by atoms with Gasteiger partial charge in [0.15, 0.2) is 5.17 Å². The molecule has 1 N–H and O–H groups in total. The monoisotopic (exact) mass is 461 g/mol. The Kier molecular flexibility index (Phi) is 7.34. The van der Waals surface area contributed by atoms with Crippen molar-refractivity contribution < 1.29 is 22.8 Å². The Labute approximate surface area is 182 Å². The van der Waals surface area contributed by atoms with Crippen molar-refractivity contribution in [3.8, 4) is 0 Å². The van der Waals surface area contributed by atoms with Crippen LogP contribution in [0.5, 0.6) is 0 Å². The maximum absolute atomic E-state index is 13.1. The molecule has 5 nitrogen and oxygen atoms in total. The van der Waals surface area contributed by atoms with E-state index >= 15 is 0 Å². The predicted octanol–water partition coefficient (Wildman–Crippen LogP) is 5.15. The minimum atomic E-state index is -4.60. The summed E-state index contributed by atoms with van der Waals surface area (Å²) in [6.45, 7) is 2.06. The SMILES string of the molecule is CCN1C(=O)C(CC(=O)NC2CCCCC2)SC1=Nc1ccc(Cl)c(C(F)(F)F)c1. The molecule has 1 aromatic rings.